The van der Waals surface area contributed by atoms with Crippen LogP contribution in [0.4, 0.5) is 10.1 Å². The summed E-state index contributed by atoms with van der Waals surface area (Å²) in [7, 11) is 0. The lowest BCUT2D eigenvalue weighted by Gasteiger charge is -2.43. The van der Waals surface area contributed by atoms with Crippen molar-refractivity contribution in [1.82, 2.24) is 5.32 Å². The first-order chi connectivity index (χ1) is 8.58. The molecule has 1 aliphatic heterocycles. The van der Waals surface area contributed by atoms with Gasteiger partial charge in [-0.15, -0.1) is 0 Å². The van der Waals surface area contributed by atoms with Crippen LogP contribution in [0, 0.1) is 18.7 Å². The van der Waals surface area contributed by atoms with Crippen LogP contribution in [0.25, 0.3) is 0 Å². The average molecular weight is 248 g/mol. The number of nitrogens with zero attached hydrogens (tertiary/aromatic N) is 1. The zero-order valence-electron chi connectivity index (χ0n) is 11.2. The molecule has 1 heterocycles. The number of hydrogen-bond donors (Lipinski definition) is 1. The normalized spacial score (nSPS) is 28.5. The standard InChI is InChI=1S/C15H21FN2/c1-11-9-13(5-6-14(11)16)18-8-7-17-15(2,10-18)12-3-4-12/h5-6,9,12,17H,3-4,7-8,10H2,1-2H3. The molecule has 3 rings (SSSR count). The van der Waals surface area contributed by atoms with E-state index < -0.39 is 0 Å². The largest absolute Gasteiger partial charge is 0.368 e. The molecule has 1 saturated heterocycles. The van der Waals surface area contributed by atoms with Gasteiger partial charge in [0.15, 0.2) is 0 Å². The molecule has 0 radical (unpaired) electrons. The maximum Gasteiger partial charge on any atom is 0.126 e. The van der Waals surface area contributed by atoms with Gasteiger partial charge in [0.05, 0.1) is 0 Å². The quantitative estimate of drug-likeness (QED) is 0.865. The van der Waals surface area contributed by atoms with E-state index in [-0.39, 0.29) is 11.4 Å². The lowest BCUT2D eigenvalue weighted by atomic mass is 9.92. The highest BCUT2D eigenvalue weighted by Gasteiger charge is 2.43. The van der Waals surface area contributed by atoms with Crippen LogP contribution in [0.3, 0.4) is 0 Å². The summed E-state index contributed by atoms with van der Waals surface area (Å²) >= 11 is 0. The zero-order chi connectivity index (χ0) is 12.8. The van der Waals surface area contributed by atoms with E-state index in [1.807, 2.05) is 19.1 Å². The van der Waals surface area contributed by atoms with Gasteiger partial charge < -0.3 is 10.2 Å². The molecular weight excluding hydrogens is 227 g/mol. The summed E-state index contributed by atoms with van der Waals surface area (Å²) in [5.41, 5.74) is 2.13. The Morgan fingerprint density at radius 2 is 2.17 bits per heavy atom. The van der Waals surface area contributed by atoms with Crippen molar-refractivity contribution in [2.24, 2.45) is 5.92 Å². The van der Waals surface area contributed by atoms with Crippen molar-refractivity contribution in [1.29, 1.82) is 0 Å². The summed E-state index contributed by atoms with van der Waals surface area (Å²) in [4.78, 5) is 2.39. The van der Waals surface area contributed by atoms with Crippen molar-refractivity contribution < 1.29 is 4.39 Å². The lowest BCUT2D eigenvalue weighted by molar-refractivity contribution is 0.285. The first-order valence-corrected chi connectivity index (χ1v) is 6.85. The molecule has 1 saturated carbocycles. The fraction of sp³-hybridized carbons (Fsp3) is 0.600. The third-order valence-corrected chi connectivity index (χ3v) is 4.41. The maximum atomic E-state index is 13.3. The molecule has 1 aromatic carbocycles. The number of rotatable bonds is 2. The molecule has 2 aliphatic rings. The summed E-state index contributed by atoms with van der Waals surface area (Å²) in [5, 5.41) is 3.67. The number of hydrogen-bond acceptors (Lipinski definition) is 2. The van der Waals surface area contributed by atoms with E-state index in [1.54, 1.807) is 6.07 Å². The minimum atomic E-state index is -0.112. The van der Waals surface area contributed by atoms with Gasteiger partial charge in [-0.3, -0.25) is 0 Å². The molecule has 1 atom stereocenters. The summed E-state index contributed by atoms with van der Waals surface area (Å²) in [5.74, 6) is 0.709. The average Bonchev–Trinajstić information content (AvgIpc) is 3.17. The summed E-state index contributed by atoms with van der Waals surface area (Å²) in [6, 6.07) is 5.45. The van der Waals surface area contributed by atoms with Gasteiger partial charge in [0, 0.05) is 30.9 Å². The van der Waals surface area contributed by atoms with Crippen LogP contribution >= 0.6 is 0 Å². The molecule has 3 heteroatoms. The molecule has 2 nitrogen and oxygen atoms in total. The Bertz CT molecular complexity index is 456. The molecule has 1 aliphatic carbocycles. The Labute approximate surface area is 108 Å². The highest BCUT2D eigenvalue weighted by atomic mass is 19.1. The van der Waals surface area contributed by atoms with Crippen LogP contribution in [0.15, 0.2) is 18.2 Å². The second-order valence-corrected chi connectivity index (χ2v) is 5.97. The first kappa shape index (κ1) is 12.0. The van der Waals surface area contributed by atoms with Gasteiger partial charge in [-0.2, -0.15) is 0 Å². The number of anilines is 1. The SMILES string of the molecule is Cc1cc(N2CCNC(C)(C3CC3)C2)ccc1F. The van der Waals surface area contributed by atoms with Crippen molar-refractivity contribution >= 4 is 5.69 Å². The van der Waals surface area contributed by atoms with E-state index in [1.165, 1.54) is 12.8 Å². The predicted molar refractivity (Wildman–Crippen MR) is 72.5 cm³/mol. The van der Waals surface area contributed by atoms with E-state index >= 15 is 0 Å². The van der Waals surface area contributed by atoms with Crippen LogP contribution in [0.1, 0.15) is 25.3 Å². The molecular formula is C15H21FN2. The molecule has 0 bridgehead atoms. The van der Waals surface area contributed by atoms with Crippen molar-refractivity contribution in [2.45, 2.75) is 32.2 Å². The van der Waals surface area contributed by atoms with Gasteiger partial charge in [-0.05, 0) is 56.4 Å². The number of benzene rings is 1. The summed E-state index contributed by atoms with van der Waals surface area (Å²) in [6.07, 6.45) is 2.69. The van der Waals surface area contributed by atoms with Gasteiger partial charge in [0.25, 0.3) is 0 Å². The molecule has 0 spiro atoms. The van der Waals surface area contributed by atoms with Gasteiger partial charge in [0.1, 0.15) is 5.82 Å². The third kappa shape index (κ3) is 2.12. The lowest BCUT2D eigenvalue weighted by Crippen LogP contribution is -2.60. The van der Waals surface area contributed by atoms with Gasteiger partial charge >= 0.3 is 0 Å². The second-order valence-electron chi connectivity index (χ2n) is 5.97. The molecule has 1 unspecified atom stereocenters. The van der Waals surface area contributed by atoms with E-state index in [2.05, 4.69) is 17.1 Å². The van der Waals surface area contributed by atoms with Crippen LogP contribution in [0.5, 0.6) is 0 Å². The fourth-order valence-electron chi connectivity index (χ4n) is 3.05. The van der Waals surface area contributed by atoms with Crippen molar-refractivity contribution in [3.63, 3.8) is 0 Å². The van der Waals surface area contributed by atoms with Crippen LogP contribution < -0.4 is 10.2 Å². The van der Waals surface area contributed by atoms with Gasteiger partial charge in [-0.25, -0.2) is 4.39 Å². The Kier molecular flexibility index (Phi) is 2.81. The van der Waals surface area contributed by atoms with Crippen LogP contribution in [-0.2, 0) is 0 Å². The third-order valence-electron chi connectivity index (χ3n) is 4.41. The Morgan fingerprint density at radius 3 is 2.83 bits per heavy atom. The number of piperazine rings is 1. The number of aryl methyl sites for hydroxylation is 1. The Balaban J connectivity index is 1.81. The predicted octanol–water partition coefficient (Wildman–Crippen LogP) is 2.71. The molecule has 1 aromatic rings. The molecule has 1 N–H and O–H groups in total. The van der Waals surface area contributed by atoms with Crippen LogP contribution in [-0.4, -0.2) is 25.2 Å². The molecule has 0 aromatic heterocycles. The van der Waals surface area contributed by atoms with E-state index in [0.717, 1.165) is 36.8 Å². The number of nitrogens with one attached hydrogen (secondary N) is 1. The summed E-state index contributed by atoms with van der Waals surface area (Å²) in [6.45, 7) is 7.22. The molecule has 0 amide bonds. The molecule has 98 valence electrons. The molecule has 18 heavy (non-hydrogen) atoms. The smallest absolute Gasteiger partial charge is 0.126 e. The van der Waals surface area contributed by atoms with Crippen LogP contribution in [0.2, 0.25) is 0 Å². The van der Waals surface area contributed by atoms with E-state index in [4.69, 9.17) is 0 Å². The topological polar surface area (TPSA) is 15.3 Å². The minimum absolute atomic E-state index is 0.112. The zero-order valence-corrected chi connectivity index (χ0v) is 11.2. The Morgan fingerprint density at radius 1 is 1.39 bits per heavy atom. The highest BCUT2D eigenvalue weighted by molar-refractivity contribution is 5.50. The fourth-order valence-corrected chi connectivity index (χ4v) is 3.05. The minimum Gasteiger partial charge on any atom is -0.368 e. The molecule has 2 fully saturated rings. The summed E-state index contributed by atoms with van der Waals surface area (Å²) < 4.78 is 13.3. The van der Waals surface area contributed by atoms with Crippen molar-refractivity contribution in [2.75, 3.05) is 24.5 Å². The monoisotopic (exact) mass is 248 g/mol. The highest BCUT2D eigenvalue weighted by Crippen LogP contribution is 2.41. The first-order valence-electron chi connectivity index (χ1n) is 6.85. The van der Waals surface area contributed by atoms with E-state index in [9.17, 15) is 4.39 Å². The second kappa shape index (κ2) is 4.23. The maximum absolute atomic E-state index is 13.3. The van der Waals surface area contributed by atoms with Crippen molar-refractivity contribution in [3.8, 4) is 0 Å². The van der Waals surface area contributed by atoms with E-state index in [0.29, 0.717) is 0 Å². The Hall–Kier alpha value is -1.09. The van der Waals surface area contributed by atoms with Gasteiger partial charge in [0.2, 0.25) is 0 Å². The number of halogens is 1. The van der Waals surface area contributed by atoms with Crippen molar-refractivity contribution in [3.05, 3.63) is 29.6 Å². The van der Waals surface area contributed by atoms with Gasteiger partial charge in [-0.1, -0.05) is 0 Å².